The van der Waals surface area contributed by atoms with E-state index in [0.29, 0.717) is 28.8 Å². The summed E-state index contributed by atoms with van der Waals surface area (Å²) in [6, 6.07) is 5.45. The summed E-state index contributed by atoms with van der Waals surface area (Å²) in [5, 5.41) is 0. The molecule has 0 bridgehead atoms. The molecule has 96 valence electrons. The number of rotatable bonds is 3. The van der Waals surface area contributed by atoms with Crippen LogP contribution in [0.5, 0.6) is 11.5 Å². The highest BCUT2D eigenvalue weighted by Crippen LogP contribution is 2.31. The number of benzene rings is 1. The van der Waals surface area contributed by atoms with Gasteiger partial charge in [-0.2, -0.15) is 0 Å². The number of imidazole rings is 1. The zero-order chi connectivity index (χ0) is 13.3. The van der Waals surface area contributed by atoms with Crippen molar-refractivity contribution < 1.29 is 9.47 Å². The topological polar surface area (TPSA) is 88.3 Å². The lowest BCUT2D eigenvalue weighted by atomic mass is 10.1. The minimum absolute atomic E-state index is 0.405. The highest BCUT2D eigenvalue weighted by atomic mass is 16.5. The molecular weight excluding hydrogens is 232 g/mol. The van der Waals surface area contributed by atoms with Crippen molar-refractivity contribution >= 4 is 5.82 Å². The summed E-state index contributed by atoms with van der Waals surface area (Å²) in [6.45, 7) is 1.79. The maximum Gasteiger partial charge on any atom is 0.150 e. The van der Waals surface area contributed by atoms with E-state index in [1.165, 1.54) is 4.68 Å². The van der Waals surface area contributed by atoms with Gasteiger partial charge in [0.15, 0.2) is 5.82 Å². The van der Waals surface area contributed by atoms with E-state index in [1.54, 1.807) is 27.2 Å². The summed E-state index contributed by atoms with van der Waals surface area (Å²) in [6.07, 6.45) is 0. The number of aryl methyl sites for hydroxylation is 1. The summed E-state index contributed by atoms with van der Waals surface area (Å²) < 4.78 is 11.8. The Morgan fingerprint density at radius 3 is 2.06 bits per heavy atom. The van der Waals surface area contributed by atoms with Crippen LogP contribution >= 0.6 is 0 Å². The number of nitrogens with zero attached hydrogens (tertiary/aromatic N) is 2. The molecule has 18 heavy (non-hydrogen) atoms. The average molecular weight is 248 g/mol. The van der Waals surface area contributed by atoms with Gasteiger partial charge in [0.05, 0.1) is 14.2 Å². The van der Waals surface area contributed by atoms with E-state index in [0.717, 1.165) is 5.56 Å². The van der Waals surface area contributed by atoms with Crippen molar-refractivity contribution in [2.75, 3.05) is 25.8 Å². The van der Waals surface area contributed by atoms with E-state index in [2.05, 4.69) is 4.98 Å². The van der Waals surface area contributed by atoms with Crippen molar-refractivity contribution in [1.82, 2.24) is 9.66 Å². The molecular formula is C12H16N4O2. The van der Waals surface area contributed by atoms with Gasteiger partial charge in [0.25, 0.3) is 0 Å². The second kappa shape index (κ2) is 4.48. The average Bonchev–Trinajstić information content (AvgIpc) is 2.65. The molecule has 6 nitrogen and oxygen atoms in total. The highest BCUT2D eigenvalue weighted by molar-refractivity contribution is 5.73. The molecule has 4 N–H and O–H groups in total. The first-order valence-corrected chi connectivity index (χ1v) is 5.40. The van der Waals surface area contributed by atoms with Gasteiger partial charge in [-0.1, -0.05) is 0 Å². The molecule has 0 fully saturated rings. The lowest BCUT2D eigenvalue weighted by Gasteiger charge is -2.07. The number of nitrogen functional groups attached to an aromatic ring is 2. The number of methoxy groups -OCH3 is 2. The van der Waals surface area contributed by atoms with Crippen LogP contribution in [0.2, 0.25) is 0 Å². The van der Waals surface area contributed by atoms with E-state index in [-0.39, 0.29) is 0 Å². The quantitative estimate of drug-likeness (QED) is 0.796. The predicted molar refractivity (Wildman–Crippen MR) is 70.1 cm³/mol. The van der Waals surface area contributed by atoms with Crippen LogP contribution in [0.25, 0.3) is 11.3 Å². The van der Waals surface area contributed by atoms with Crippen molar-refractivity contribution in [3.05, 3.63) is 24.0 Å². The largest absolute Gasteiger partial charge is 0.497 e. The smallest absolute Gasteiger partial charge is 0.150 e. The standard InChI is InChI=1S/C12H16N4O2/c1-7-15-11(12(13)16(7)14)8-4-9(17-2)6-10(5-8)18-3/h4-6H,13-14H2,1-3H3. The van der Waals surface area contributed by atoms with E-state index in [4.69, 9.17) is 21.1 Å². The Hall–Kier alpha value is -2.37. The molecule has 0 unspecified atom stereocenters. The number of aromatic nitrogens is 2. The number of hydrogen-bond acceptors (Lipinski definition) is 5. The Kier molecular flexibility index (Phi) is 3.01. The molecule has 0 saturated carbocycles. The van der Waals surface area contributed by atoms with Crippen molar-refractivity contribution in [3.63, 3.8) is 0 Å². The minimum Gasteiger partial charge on any atom is -0.497 e. The molecule has 6 heteroatoms. The van der Waals surface area contributed by atoms with Crippen molar-refractivity contribution in [2.24, 2.45) is 0 Å². The lowest BCUT2D eigenvalue weighted by Crippen LogP contribution is -2.13. The molecule has 0 aliphatic carbocycles. The van der Waals surface area contributed by atoms with Crippen molar-refractivity contribution in [3.8, 4) is 22.8 Å². The van der Waals surface area contributed by atoms with Crippen LogP contribution in [0.3, 0.4) is 0 Å². The maximum atomic E-state index is 5.91. The Bertz CT molecular complexity index is 555. The minimum atomic E-state index is 0.405. The Morgan fingerprint density at radius 2 is 1.67 bits per heavy atom. The van der Waals surface area contributed by atoms with Gasteiger partial charge >= 0.3 is 0 Å². The van der Waals surface area contributed by atoms with Crippen LogP contribution in [-0.2, 0) is 0 Å². The lowest BCUT2D eigenvalue weighted by molar-refractivity contribution is 0.394. The summed E-state index contributed by atoms with van der Waals surface area (Å²) in [4.78, 5) is 4.33. The third-order valence-corrected chi connectivity index (χ3v) is 2.75. The molecule has 1 aromatic carbocycles. The zero-order valence-electron chi connectivity index (χ0n) is 10.6. The number of hydrogen-bond donors (Lipinski definition) is 2. The van der Waals surface area contributed by atoms with Crippen LogP contribution < -0.4 is 21.1 Å². The van der Waals surface area contributed by atoms with Crippen LogP contribution in [0.4, 0.5) is 5.82 Å². The monoisotopic (exact) mass is 248 g/mol. The third-order valence-electron chi connectivity index (χ3n) is 2.75. The first kappa shape index (κ1) is 12.1. The predicted octanol–water partition coefficient (Wildman–Crippen LogP) is 1.17. The number of ether oxygens (including phenoxy) is 2. The van der Waals surface area contributed by atoms with Crippen LogP contribution in [0, 0.1) is 6.92 Å². The van der Waals surface area contributed by atoms with Gasteiger partial charge in [-0.05, 0) is 19.1 Å². The van der Waals surface area contributed by atoms with E-state index >= 15 is 0 Å². The molecule has 1 heterocycles. The van der Waals surface area contributed by atoms with E-state index < -0.39 is 0 Å². The summed E-state index contributed by atoms with van der Waals surface area (Å²) in [7, 11) is 3.18. The normalized spacial score (nSPS) is 10.4. The van der Waals surface area contributed by atoms with Gasteiger partial charge in [0.1, 0.15) is 23.0 Å². The first-order valence-electron chi connectivity index (χ1n) is 5.40. The molecule has 0 amide bonds. The van der Waals surface area contributed by atoms with E-state index in [9.17, 15) is 0 Å². The molecule has 0 saturated heterocycles. The van der Waals surface area contributed by atoms with Crippen LogP contribution in [0.15, 0.2) is 18.2 Å². The first-order chi connectivity index (χ1) is 8.56. The molecule has 1 aromatic heterocycles. The fourth-order valence-corrected chi connectivity index (χ4v) is 1.72. The van der Waals surface area contributed by atoms with Gasteiger partial charge in [0.2, 0.25) is 0 Å². The Morgan fingerprint density at radius 1 is 1.11 bits per heavy atom. The Balaban J connectivity index is 2.59. The van der Waals surface area contributed by atoms with Crippen molar-refractivity contribution in [2.45, 2.75) is 6.92 Å². The molecule has 2 aromatic rings. The van der Waals surface area contributed by atoms with Crippen LogP contribution in [-0.4, -0.2) is 23.9 Å². The fourth-order valence-electron chi connectivity index (χ4n) is 1.72. The number of anilines is 1. The SMILES string of the molecule is COc1cc(OC)cc(-c2nc(C)n(N)c2N)c1. The summed E-state index contributed by atoms with van der Waals surface area (Å²) in [5.74, 6) is 8.14. The van der Waals surface area contributed by atoms with Gasteiger partial charge in [-0.3, -0.25) is 0 Å². The van der Waals surface area contributed by atoms with Crippen molar-refractivity contribution in [1.29, 1.82) is 0 Å². The number of nitrogens with two attached hydrogens (primary N) is 2. The molecule has 0 radical (unpaired) electrons. The molecule has 0 aliphatic heterocycles. The van der Waals surface area contributed by atoms with Gasteiger partial charge in [-0.25, -0.2) is 9.66 Å². The summed E-state index contributed by atoms with van der Waals surface area (Å²) in [5.41, 5.74) is 7.33. The molecule has 0 aliphatic rings. The molecule has 2 rings (SSSR count). The Labute approximate surface area is 105 Å². The van der Waals surface area contributed by atoms with Crippen LogP contribution in [0.1, 0.15) is 5.82 Å². The second-order valence-electron chi connectivity index (χ2n) is 3.86. The summed E-state index contributed by atoms with van der Waals surface area (Å²) >= 11 is 0. The third kappa shape index (κ3) is 1.92. The maximum absolute atomic E-state index is 5.91. The molecule has 0 spiro atoms. The molecule has 0 atom stereocenters. The van der Waals surface area contributed by atoms with Gasteiger partial charge in [0, 0.05) is 11.6 Å². The highest BCUT2D eigenvalue weighted by Gasteiger charge is 2.14. The fraction of sp³-hybridized carbons (Fsp3) is 0.250. The van der Waals surface area contributed by atoms with Gasteiger partial charge in [-0.15, -0.1) is 0 Å². The zero-order valence-corrected chi connectivity index (χ0v) is 10.6. The van der Waals surface area contributed by atoms with E-state index in [1.807, 2.05) is 12.1 Å². The van der Waals surface area contributed by atoms with Gasteiger partial charge < -0.3 is 21.1 Å². The second-order valence-corrected chi connectivity index (χ2v) is 3.86.